The van der Waals surface area contributed by atoms with Crippen LogP contribution in [0.25, 0.3) is 0 Å². The third-order valence-corrected chi connectivity index (χ3v) is 18.3. The van der Waals surface area contributed by atoms with Crippen molar-refractivity contribution in [3.8, 4) is 54.0 Å². The lowest BCUT2D eigenvalue weighted by molar-refractivity contribution is 0.112. The molecular formula is C74H86Cl2N16O8S. The number of nitriles is 7. The summed E-state index contributed by atoms with van der Waals surface area (Å²) in [6, 6.07) is 37.5. The largest absolute Gasteiger partial charge is 0.493 e. The van der Waals surface area contributed by atoms with Gasteiger partial charge in [-0.3, -0.25) is 37.3 Å². The van der Waals surface area contributed by atoms with E-state index in [1.54, 1.807) is 25.1 Å². The summed E-state index contributed by atoms with van der Waals surface area (Å²) in [6.07, 6.45) is 7.05. The van der Waals surface area contributed by atoms with Crippen LogP contribution in [0.15, 0.2) is 95.9 Å². The van der Waals surface area contributed by atoms with Crippen LogP contribution in [0.1, 0.15) is 197 Å². The average molecular weight is 1430 g/mol. The Balaban J connectivity index is 0.000000374. The number of aldehydes is 1. The Bertz CT molecular complexity index is 4170. The van der Waals surface area contributed by atoms with Gasteiger partial charge in [0.2, 0.25) is 0 Å². The van der Waals surface area contributed by atoms with Gasteiger partial charge in [-0.05, 0) is 163 Å². The maximum absolute atomic E-state index is 12.1. The number of rotatable bonds is 26. The molecule has 24 nitrogen and oxygen atoms in total. The van der Waals surface area contributed by atoms with Crippen molar-refractivity contribution in [2.24, 2.45) is 0 Å². The Morgan fingerprint density at radius 2 is 0.891 bits per heavy atom. The zero-order valence-corrected chi connectivity index (χ0v) is 61.4. The molecule has 6 aromatic rings. The molecule has 0 bridgehead atoms. The second-order valence-electron chi connectivity index (χ2n) is 24.2. The third kappa shape index (κ3) is 25.9. The molecule has 6 amide bonds. The van der Waals surface area contributed by atoms with E-state index in [4.69, 9.17) is 64.2 Å². The molecule has 0 saturated heterocycles. The Morgan fingerprint density at radius 3 is 1.25 bits per heavy atom. The fraction of sp³-hybridized carbons (Fsp3) is 0.365. The van der Waals surface area contributed by atoms with E-state index in [9.17, 15) is 32.9 Å². The minimum Gasteiger partial charge on any atom is -0.493 e. The van der Waals surface area contributed by atoms with Crippen LogP contribution in [-0.2, 0) is 20.7 Å². The molecule has 6 aromatic carbocycles. The maximum atomic E-state index is 12.1. The number of carbonyl (C=O) groups excluding carboxylic acids is 4. The Kier molecular flexibility index (Phi) is 34.3. The van der Waals surface area contributed by atoms with E-state index in [-0.39, 0.29) is 64.7 Å². The quantitative estimate of drug-likeness (QED) is 0.0138. The van der Waals surface area contributed by atoms with E-state index in [0.29, 0.717) is 79.9 Å². The predicted molar refractivity (Wildman–Crippen MR) is 391 cm³/mol. The summed E-state index contributed by atoms with van der Waals surface area (Å²) in [4.78, 5) is 45.6. The number of nitrogens with zero attached hydrogens (tertiary/aromatic N) is 7. The van der Waals surface area contributed by atoms with Gasteiger partial charge in [0.25, 0.3) is 0 Å². The summed E-state index contributed by atoms with van der Waals surface area (Å²) in [7, 11) is -1.87. The highest BCUT2D eigenvalue weighted by molar-refractivity contribution is 7.90. The van der Waals surface area contributed by atoms with Crippen LogP contribution in [0.3, 0.4) is 0 Å². The molecule has 101 heavy (non-hydrogen) atoms. The molecule has 0 spiro atoms. The minimum atomic E-state index is -3.33. The lowest BCUT2D eigenvalue weighted by atomic mass is 9.80. The SMILES string of the molecule is CCC(C)c1cc(C(C)(C)CC)ccc1OCCCNC(=O)NNc1cc(C#N)c(C#N)cc1C.CCC(C)c1cc(C(C)(C)CC)ccc1OCCCNC(=O)NNc1cc(C#N)c(C#N)cc1Cl.CNC(=O)NNc1cc(C#N)c(C#N)cc1Cl.CS(=O)(=O)c1ccc(C=O)c(C#N)c1. The maximum Gasteiger partial charge on any atom is 0.333 e. The second-order valence-corrected chi connectivity index (χ2v) is 27.1. The number of hydrogen-bond donors (Lipinski definition) is 9. The lowest BCUT2D eigenvalue weighted by Gasteiger charge is -2.26. The van der Waals surface area contributed by atoms with Crippen LogP contribution >= 0.6 is 23.2 Å². The van der Waals surface area contributed by atoms with Gasteiger partial charge in [0.15, 0.2) is 16.1 Å². The number of nitrogens with one attached hydrogen (secondary N) is 9. The van der Waals surface area contributed by atoms with Crippen molar-refractivity contribution in [2.45, 2.75) is 142 Å². The summed E-state index contributed by atoms with van der Waals surface area (Å²) in [5.74, 6) is 2.60. The highest BCUT2D eigenvalue weighted by atomic mass is 35.5. The van der Waals surface area contributed by atoms with Gasteiger partial charge in [0, 0.05) is 32.0 Å². The zero-order chi connectivity index (χ0) is 75.6. The van der Waals surface area contributed by atoms with E-state index in [1.807, 2.05) is 36.4 Å². The van der Waals surface area contributed by atoms with Gasteiger partial charge in [-0.2, -0.15) is 36.8 Å². The number of sulfone groups is 1. The van der Waals surface area contributed by atoms with Gasteiger partial charge in [-0.25, -0.2) is 22.8 Å². The number of anilines is 3. The second kappa shape index (κ2) is 41.2. The van der Waals surface area contributed by atoms with Crippen LogP contribution in [0.4, 0.5) is 31.4 Å². The first-order valence-electron chi connectivity index (χ1n) is 32.2. The number of hydrogen-bond acceptors (Lipinski definition) is 18. The topological polar surface area (TPSA) is 396 Å². The summed E-state index contributed by atoms with van der Waals surface area (Å²) < 4.78 is 34.4. The standard InChI is InChI=1S/C28H37N5O2.C27H34ClN5O2.C10H8ClN5O.C9H7NO3S/c1-7-19(3)24-16-23(28(5,6)8-2)10-11-26(24)35-13-9-12-31-27(34)33-32-25-15-22(18-30)21(17-29)14-20(25)4;1-6-18(3)22-15-21(27(4,5)7-2)9-10-25(22)35-12-8-11-31-26(34)33-32-24-14-20(17-30)19(16-29)13-23(24)28;1-14-10(17)16-15-9-3-7(5-13)6(4-12)2-8(9)11;1-14(12,13)9-3-2-7(6-11)8(4-9)5-10/h10-11,14-16,19,32H,7-9,12-13H2,1-6H3,(H2,31,33,34);9-10,13-15,18,32H,6-8,11-12H2,1-5H3,(H2,31,33,34);2-3,15H,1H3,(H2,14,16,17);2-4,6H,1H3. The molecule has 0 aliphatic heterocycles. The molecule has 0 radical (unpaired) electrons. The van der Waals surface area contributed by atoms with Crippen LogP contribution in [0.5, 0.6) is 11.5 Å². The Morgan fingerprint density at radius 1 is 0.525 bits per heavy atom. The van der Waals surface area contributed by atoms with E-state index in [1.165, 1.54) is 71.8 Å². The summed E-state index contributed by atoms with van der Waals surface area (Å²) >= 11 is 12.0. The molecule has 0 fully saturated rings. The molecule has 2 atom stereocenters. The number of hydrazine groups is 3. The van der Waals surface area contributed by atoms with Crippen LogP contribution < -0.4 is 58.0 Å². The number of benzene rings is 6. The summed E-state index contributed by atoms with van der Waals surface area (Å²) in [6.45, 7) is 25.9. The van der Waals surface area contributed by atoms with E-state index in [2.05, 4.69) is 154 Å². The fourth-order valence-corrected chi connectivity index (χ4v) is 10.0. The normalized spacial score (nSPS) is 11.0. The lowest BCUT2D eigenvalue weighted by Crippen LogP contribution is -2.39. The highest BCUT2D eigenvalue weighted by Gasteiger charge is 2.24. The highest BCUT2D eigenvalue weighted by Crippen LogP contribution is 2.37. The number of amides is 6. The summed E-state index contributed by atoms with van der Waals surface area (Å²) in [5, 5.41) is 71.0. The smallest absolute Gasteiger partial charge is 0.333 e. The molecule has 0 aliphatic carbocycles. The number of urea groups is 3. The van der Waals surface area contributed by atoms with E-state index >= 15 is 0 Å². The fourth-order valence-electron chi connectivity index (χ4n) is 8.96. The molecule has 0 saturated carbocycles. The van der Waals surface area contributed by atoms with Gasteiger partial charge in [0.1, 0.15) is 47.9 Å². The van der Waals surface area contributed by atoms with Crippen molar-refractivity contribution in [3.05, 3.63) is 173 Å². The van der Waals surface area contributed by atoms with Gasteiger partial charge >= 0.3 is 18.1 Å². The molecule has 0 aromatic heterocycles. The van der Waals surface area contributed by atoms with Gasteiger partial charge in [0.05, 0.1) is 90.2 Å². The van der Waals surface area contributed by atoms with Crippen LogP contribution in [-0.4, -0.2) is 72.4 Å². The average Bonchev–Trinajstić information content (AvgIpc) is 0.833. The van der Waals surface area contributed by atoms with Gasteiger partial charge in [-0.1, -0.05) is 117 Å². The number of carbonyl (C=O) groups is 4. The molecule has 0 aliphatic rings. The first-order chi connectivity index (χ1) is 47.9. The van der Waals surface area contributed by atoms with Crippen molar-refractivity contribution in [2.75, 3.05) is 55.9 Å². The molecule has 2 unspecified atom stereocenters. The monoisotopic (exact) mass is 1430 g/mol. The van der Waals surface area contributed by atoms with Gasteiger partial charge < -0.3 is 25.4 Å². The number of halogens is 2. The zero-order valence-electron chi connectivity index (χ0n) is 59.0. The summed E-state index contributed by atoms with van der Waals surface area (Å²) in [5.41, 5.74) is 24.2. The third-order valence-electron chi connectivity index (χ3n) is 16.5. The van der Waals surface area contributed by atoms with Crippen molar-refractivity contribution in [1.82, 2.24) is 32.2 Å². The molecule has 27 heteroatoms. The van der Waals surface area contributed by atoms with Crippen molar-refractivity contribution >= 4 is 74.5 Å². The van der Waals surface area contributed by atoms with E-state index < -0.39 is 27.9 Å². The molecule has 0 heterocycles. The van der Waals surface area contributed by atoms with Crippen molar-refractivity contribution in [3.63, 3.8) is 0 Å². The Hall–Kier alpha value is -11.2. The van der Waals surface area contributed by atoms with Gasteiger partial charge in [-0.15, -0.1) is 0 Å². The number of ether oxygens (including phenoxy) is 2. The van der Waals surface area contributed by atoms with Crippen LogP contribution in [0, 0.1) is 86.2 Å². The molecule has 6 rings (SSSR count). The Labute approximate surface area is 602 Å². The van der Waals surface area contributed by atoms with Crippen molar-refractivity contribution in [1.29, 1.82) is 36.8 Å². The van der Waals surface area contributed by atoms with Crippen molar-refractivity contribution < 1.29 is 37.1 Å². The van der Waals surface area contributed by atoms with Crippen LogP contribution in [0.2, 0.25) is 10.0 Å². The first kappa shape index (κ1) is 84.0. The molecule has 9 N–H and O–H groups in total. The predicted octanol–water partition coefficient (Wildman–Crippen LogP) is 14.5. The number of aryl methyl sites for hydroxylation is 1. The minimum absolute atomic E-state index is 0.0413. The first-order valence-corrected chi connectivity index (χ1v) is 34.9. The molecule has 530 valence electrons. The van der Waals surface area contributed by atoms with E-state index in [0.717, 1.165) is 49.0 Å². The molecular weight excluding hydrogens is 1340 g/mol.